The Hall–Kier alpha value is -1.85. The minimum atomic E-state index is -0.104. The van der Waals surface area contributed by atoms with Crippen LogP contribution in [0.4, 0.5) is 0 Å². The highest BCUT2D eigenvalue weighted by Crippen LogP contribution is 2.17. The number of aromatic nitrogens is 1. The summed E-state index contributed by atoms with van der Waals surface area (Å²) in [4.78, 5) is 29.3. The van der Waals surface area contributed by atoms with E-state index < -0.39 is 0 Å². The molecule has 3 rings (SSSR count). The molecule has 1 aliphatic rings. The summed E-state index contributed by atoms with van der Waals surface area (Å²) in [5.74, 6) is 0.223. The molecule has 0 bridgehead atoms. The lowest BCUT2D eigenvalue weighted by atomic mass is 10.0. The van der Waals surface area contributed by atoms with Crippen molar-refractivity contribution in [3.05, 3.63) is 45.2 Å². The number of nitrogens with one attached hydrogen (secondary N) is 2. The molecule has 2 N–H and O–H groups in total. The first kappa shape index (κ1) is 18.0. The second-order valence-corrected chi connectivity index (χ2v) is 7.45. The molecule has 5 nitrogen and oxygen atoms in total. The van der Waals surface area contributed by atoms with E-state index in [4.69, 9.17) is 11.6 Å². The Kier molecular flexibility index (Phi) is 5.45. The number of aromatic amines is 1. The van der Waals surface area contributed by atoms with E-state index in [-0.39, 0.29) is 23.4 Å². The van der Waals surface area contributed by atoms with Crippen molar-refractivity contribution in [3.63, 3.8) is 0 Å². The summed E-state index contributed by atoms with van der Waals surface area (Å²) in [7, 11) is 0. The molecule has 2 aromatic rings. The van der Waals surface area contributed by atoms with Crippen LogP contribution in [-0.2, 0) is 11.3 Å². The summed E-state index contributed by atoms with van der Waals surface area (Å²) in [6.07, 6.45) is 2.01. The maximum Gasteiger partial charge on any atom is 0.252 e. The van der Waals surface area contributed by atoms with E-state index in [0.29, 0.717) is 23.7 Å². The Bertz CT molecular complexity index is 831. The molecule has 0 saturated carbocycles. The van der Waals surface area contributed by atoms with Gasteiger partial charge in [-0.05, 0) is 36.4 Å². The number of carbonyl (C=O) groups excluding carboxylic acids is 1. The normalized spacial score (nSPS) is 18.1. The fourth-order valence-electron chi connectivity index (χ4n) is 3.31. The molecule has 1 aromatic heterocycles. The molecule has 1 aromatic carbocycles. The van der Waals surface area contributed by atoms with Crippen LogP contribution in [0, 0.1) is 5.92 Å². The SMILES string of the molecule is CC(C)C(=O)N1CCCC(NCc2cc3ccc(Cl)cc3[nH]c2=O)C1. The summed E-state index contributed by atoms with van der Waals surface area (Å²) >= 11 is 5.97. The van der Waals surface area contributed by atoms with E-state index in [9.17, 15) is 9.59 Å². The lowest BCUT2D eigenvalue weighted by Gasteiger charge is -2.34. The van der Waals surface area contributed by atoms with Gasteiger partial charge in [0.25, 0.3) is 5.56 Å². The Morgan fingerprint density at radius 1 is 1.40 bits per heavy atom. The molecule has 6 heteroatoms. The van der Waals surface area contributed by atoms with Crippen LogP contribution in [0.15, 0.2) is 29.1 Å². The average molecular weight is 362 g/mol. The van der Waals surface area contributed by atoms with Crippen molar-refractivity contribution in [1.82, 2.24) is 15.2 Å². The Morgan fingerprint density at radius 3 is 2.96 bits per heavy atom. The molecule has 1 saturated heterocycles. The number of rotatable bonds is 4. The van der Waals surface area contributed by atoms with Gasteiger partial charge in [0.15, 0.2) is 0 Å². The first-order valence-electron chi connectivity index (χ1n) is 8.77. The number of pyridine rings is 1. The van der Waals surface area contributed by atoms with Crippen molar-refractivity contribution in [1.29, 1.82) is 0 Å². The van der Waals surface area contributed by atoms with Crippen LogP contribution in [0.1, 0.15) is 32.3 Å². The van der Waals surface area contributed by atoms with Crippen molar-refractivity contribution in [2.75, 3.05) is 13.1 Å². The number of fused-ring (bicyclic) bond motifs is 1. The smallest absolute Gasteiger partial charge is 0.252 e. The molecule has 0 spiro atoms. The summed E-state index contributed by atoms with van der Waals surface area (Å²) in [6.45, 7) is 5.88. The lowest BCUT2D eigenvalue weighted by Crippen LogP contribution is -2.49. The number of nitrogens with zero attached hydrogens (tertiary/aromatic N) is 1. The zero-order valence-electron chi connectivity index (χ0n) is 14.6. The van der Waals surface area contributed by atoms with Crippen molar-refractivity contribution < 1.29 is 4.79 Å². The topological polar surface area (TPSA) is 65.2 Å². The van der Waals surface area contributed by atoms with Gasteiger partial charge in [0.2, 0.25) is 5.91 Å². The highest BCUT2D eigenvalue weighted by atomic mass is 35.5. The van der Waals surface area contributed by atoms with Crippen molar-refractivity contribution >= 4 is 28.4 Å². The average Bonchev–Trinajstić information content (AvgIpc) is 2.59. The first-order chi connectivity index (χ1) is 11.9. The van der Waals surface area contributed by atoms with Crippen LogP contribution in [0.2, 0.25) is 5.02 Å². The highest BCUT2D eigenvalue weighted by Gasteiger charge is 2.24. The lowest BCUT2D eigenvalue weighted by molar-refractivity contribution is -0.135. The monoisotopic (exact) mass is 361 g/mol. The Balaban J connectivity index is 1.68. The van der Waals surface area contributed by atoms with Gasteiger partial charge in [-0.25, -0.2) is 0 Å². The summed E-state index contributed by atoms with van der Waals surface area (Å²) in [6, 6.07) is 7.59. The standard InChI is InChI=1S/C19H24ClN3O2/c1-12(2)19(25)23-7-3-4-16(11-23)21-10-14-8-13-5-6-15(20)9-17(13)22-18(14)24/h5-6,8-9,12,16,21H,3-4,7,10-11H2,1-2H3,(H,22,24). The Labute approximate surface area is 152 Å². The fraction of sp³-hybridized carbons (Fsp3) is 0.474. The van der Waals surface area contributed by atoms with E-state index in [0.717, 1.165) is 30.3 Å². The number of benzene rings is 1. The molecule has 0 aliphatic carbocycles. The maximum absolute atomic E-state index is 12.3. The summed E-state index contributed by atoms with van der Waals surface area (Å²) < 4.78 is 0. The van der Waals surface area contributed by atoms with Gasteiger partial charge in [0, 0.05) is 47.7 Å². The molecule has 1 fully saturated rings. The van der Waals surface area contributed by atoms with Crippen LogP contribution < -0.4 is 10.9 Å². The zero-order valence-corrected chi connectivity index (χ0v) is 15.4. The molecule has 1 atom stereocenters. The third kappa shape index (κ3) is 4.22. The van der Waals surface area contributed by atoms with E-state index in [2.05, 4.69) is 10.3 Å². The number of likely N-dealkylation sites (tertiary alicyclic amines) is 1. The minimum absolute atomic E-state index is 0.0221. The van der Waals surface area contributed by atoms with Gasteiger partial charge in [-0.1, -0.05) is 31.5 Å². The molecule has 0 radical (unpaired) electrons. The van der Waals surface area contributed by atoms with Crippen LogP contribution >= 0.6 is 11.6 Å². The largest absolute Gasteiger partial charge is 0.341 e. The van der Waals surface area contributed by atoms with Crippen molar-refractivity contribution in [3.8, 4) is 0 Å². The minimum Gasteiger partial charge on any atom is -0.341 e. The van der Waals surface area contributed by atoms with E-state index >= 15 is 0 Å². The van der Waals surface area contributed by atoms with E-state index in [1.165, 1.54) is 0 Å². The third-order valence-electron chi connectivity index (χ3n) is 4.69. The molecule has 134 valence electrons. The molecule has 25 heavy (non-hydrogen) atoms. The van der Waals surface area contributed by atoms with Gasteiger partial charge < -0.3 is 15.2 Å². The van der Waals surface area contributed by atoms with Gasteiger partial charge >= 0.3 is 0 Å². The summed E-state index contributed by atoms with van der Waals surface area (Å²) in [5.41, 5.74) is 1.34. The third-order valence-corrected chi connectivity index (χ3v) is 4.93. The van der Waals surface area contributed by atoms with Crippen LogP contribution in [-0.4, -0.2) is 34.9 Å². The van der Waals surface area contributed by atoms with Crippen LogP contribution in [0.3, 0.4) is 0 Å². The van der Waals surface area contributed by atoms with Gasteiger partial charge in [0.05, 0.1) is 0 Å². The molecular weight excluding hydrogens is 338 g/mol. The first-order valence-corrected chi connectivity index (χ1v) is 9.15. The van der Waals surface area contributed by atoms with Crippen LogP contribution in [0.5, 0.6) is 0 Å². The number of carbonyl (C=O) groups is 1. The maximum atomic E-state index is 12.3. The van der Waals surface area contributed by atoms with Gasteiger partial charge in [-0.3, -0.25) is 9.59 Å². The molecule has 2 heterocycles. The quantitative estimate of drug-likeness (QED) is 0.880. The number of amides is 1. The Morgan fingerprint density at radius 2 is 2.20 bits per heavy atom. The summed E-state index contributed by atoms with van der Waals surface area (Å²) in [5, 5.41) is 5.00. The van der Waals surface area contributed by atoms with E-state index in [1.54, 1.807) is 6.07 Å². The number of hydrogen-bond acceptors (Lipinski definition) is 3. The number of piperidine rings is 1. The molecule has 1 unspecified atom stereocenters. The van der Waals surface area contributed by atoms with Crippen molar-refractivity contribution in [2.45, 2.75) is 39.3 Å². The van der Waals surface area contributed by atoms with Crippen LogP contribution in [0.25, 0.3) is 10.9 Å². The number of H-pyrrole nitrogens is 1. The molecule has 1 aliphatic heterocycles. The molecule has 1 amide bonds. The molecular formula is C19H24ClN3O2. The predicted molar refractivity (Wildman–Crippen MR) is 101 cm³/mol. The van der Waals surface area contributed by atoms with E-state index in [1.807, 2.05) is 36.9 Å². The van der Waals surface area contributed by atoms with Gasteiger partial charge in [-0.15, -0.1) is 0 Å². The van der Waals surface area contributed by atoms with Gasteiger partial charge in [0.1, 0.15) is 0 Å². The van der Waals surface area contributed by atoms with Gasteiger partial charge in [-0.2, -0.15) is 0 Å². The highest BCUT2D eigenvalue weighted by molar-refractivity contribution is 6.31. The zero-order chi connectivity index (χ0) is 18.0. The number of halogens is 1. The number of hydrogen-bond donors (Lipinski definition) is 2. The fourth-order valence-corrected chi connectivity index (χ4v) is 3.49. The second kappa shape index (κ2) is 7.58. The van der Waals surface area contributed by atoms with Crippen molar-refractivity contribution in [2.24, 2.45) is 5.92 Å². The predicted octanol–water partition coefficient (Wildman–Crippen LogP) is 2.92. The second-order valence-electron chi connectivity index (χ2n) is 7.01.